The summed E-state index contributed by atoms with van der Waals surface area (Å²) < 4.78 is 11.3. The first kappa shape index (κ1) is 33.2. The molecule has 3 aromatic rings. The molecule has 1 aromatic heterocycles. The van der Waals surface area contributed by atoms with Crippen molar-refractivity contribution in [1.82, 2.24) is 15.2 Å². The number of fused-ring (bicyclic) bond motifs is 1. The van der Waals surface area contributed by atoms with E-state index in [1.165, 1.54) is 45.3 Å². The number of carbonyl (C=O) groups is 4. The average molecular weight is 681 g/mol. The number of hydrogen-bond acceptors (Lipinski definition) is 12. The van der Waals surface area contributed by atoms with Crippen LogP contribution in [0.15, 0.2) is 87.3 Å². The SMILES string of the molecule is CSC1=C(C(=O)OC(c2ccccc2)c2ccccc2)N2C(=O)C(NC(=O)/C(=N\OCC(=O)OC(C)(C)C)c3cscn3)[C@H]2SC1. The molecule has 5 rings (SSSR count). The van der Waals surface area contributed by atoms with Gasteiger partial charge in [-0.2, -0.15) is 0 Å². The minimum absolute atomic E-state index is 0.165. The van der Waals surface area contributed by atoms with E-state index in [9.17, 15) is 19.2 Å². The number of rotatable bonds is 11. The molecule has 2 aliphatic heterocycles. The van der Waals surface area contributed by atoms with E-state index >= 15 is 0 Å². The summed E-state index contributed by atoms with van der Waals surface area (Å²) in [6, 6.07) is 17.8. The fraction of sp³-hybridized carbons (Fsp3) is 0.312. The van der Waals surface area contributed by atoms with E-state index in [4.69, 9.17) is 14.3 Å². The third-order valence-electron chi connectivity index (χ3n) is 6.74. The monoisotopic (exact) mass is 680 g/mol. The Balaban J connectivity index is 1.32. The number of carbonyl (C=O) groups excluding carboxylic acids is 4. The van der Waals surface area contributed by atoms with Gasteiger partial charge in [0.15, 0.2) is 11.8 Å². The highest BCUT2D eigenvalue weighted by Gasteiger charge is 2.55. The van der Waals surface area contributed by atoms with Crippen molar-refractivity contribution in [1.29, 1.82) is 0 Å². The van der Waals surface area contributed by atoms with Gasteiger partial charge in [0, 0.05) is 16.0 Å². The Bertz CT molecular complexity index is 1600. The lowest BCUT2D eigenvalue weighted by atomic mass is 10.0. The summed E-state index contributed by atoms with van der Waals surface area (Å²) in [5.74, 6) is -2.03. The minimum atomic E-state index is -0.947. The molecule has 2 atom stereocenters. The fourth-order valence-corrected chi connectivity index (χ4v) is 7.53. The highest BCUT2D eigenvalue weighted by Crippen LogP contribution is 2.44. The van der Waals surface area contributed by atoms with E-state index in [-0.39, 0.29) is 17.1 Å². The van der Waals surface area contributed by atoms with Crippen molar-refractivity contribution < 1.29 is 33.5 Å². The van der Waals surface area contributed by atoms with Crippen molar-refractivity contribution in [3.63, 3.8) is 0 Å². The Morgan fingerprint density at radius 3 is 2.30 bits per heavy atom. The summed E-state index contributed by atoms with van der Waals surface area (Å²) in [6.07, 6.45) is 1.15. The molecular formula is C32H32N4O7S3. The summed E-state index contributed by atoms with van der Waals surface area (Å²) in [5, 5.41) is 7.62. The fourth-order valence-electron chi connectivity index (χ4n) is 4.75. The Hall–Kier alpha value is -4.14. The van der Waals surface area contributed by atoms with E-state index in [1.807, 2.05) is 66.9 Å². The summed E-state index contributed by atoms with van der Waals surface area (Å²) >= 11 is 4.04. The van der Waals surface area contributed by atoms with Gasteiger partial charge in [-0.1, -0.05) is 65.8 Å². The van der Waals surface area contributed by atoms with Crippen LogP contribution in [0.4, 0.5) is 0 Å². The lowest BCUT2D eigenvalue weighted by molar-refractivity contribution is -0.160. The smallest absolute Gasteiger partial charge is 0.356 e. The standard InChI is InChI=1S/C32H32N4O7S3/c1-32(2,3)43-23(37)15-41-35-24(21-16-45-18-33-21)28(38)34-25-29(39)36-26(22(44-4)17-46-30(25)36)31(40)42-27(19-11-7-5-8-12-19)20-13-9-6-10-14-20/h5-14,16,18,25,27,30H,15,17H2,1-4H3,(H,34,38)/b35-24-/t25?,30-/m1/s1. The van der Waals surface area contributed by atoms with Crippen LogP contribution in [-0.4, -0.2) is 75.0 Å². The molecule has 1 saturated heterocycles. The molecule has 1 fully saturated rings. The zero-order valence-corrected chi connectivity index (χ0v) is 27.9. The number of ether oxygens (including phenoxy) is 2. The predicted molar refractivity (Wildman–Crippen MR) is 177 cm³/mol. The van der Waals surface area contributed by atoms with Gasteiger partial charge in [-0.3, -0.25) is 14.5 Å². The second-order valence-corrected chi connectivity index (χ2v) is 13.8. The molecule has 2 amide bonds. The number of esters is 2. The number of nitrogens with zero attached hydrogens (tertiary/aromatic N) is 3. The number of β-lactam (4-membered cyclic amide) rings is 1. The number of hydrogen-bond donors (Lipinski definition) is 1. The van der Waals surface area contributed by atoms with Gasteiger partial charge in [0.25, 0.3) is 11.8 Å². The van der Waals surface area contributed by atoms with Gasteiger partial charge < -0.3 is 19.6 Å². The molecule has 0 bridgehead atoms. The molecule has 0 radical (unpaired) electrons. The zero-order chi connectivity index (χ0) is 32.8. The summed E-state index contributed by atoms with van der Waals surface area (Å²) in [6.45, 7) is 4.64. The van der Waals surface area contributed by atoms with Crippen molar-refractivity contribution >= 4 is 64.3 Å². The molecule has 14 heteroatoms. The van der Waals surface area contributed by atoms with E-state index in [2.05, 4.69) is 15.5 Å². The number of nitrogens with one attached hydrogen (secondary N) is 1. The highest BCUT2D eigenvalue weighted by molar-refractivity contribution is 8.05. The number of benzene rings is 2. The Labute approximate surface area is 278 Å². The number of aromatic nitrogens is 1. The molecule has 0 aliphatic carbocycles. The number of thioether (sulfide) groups is 2. The summed E-state index contributed by atoms with van der Waals surface area (Å²) in [7, 11) is 0. The lowest BCUT2D eigenvalue weighted by Gasteiger charge is -2.49. The van der Waals surface area contributed by atoms with E-state index in [0.29, 0.717) is 10.7 Å². The van der Waals surface area contributed by atoms with Crippen LogP contribution in [0.5, 0.6) is 0 Å². The van der Waals surface area contributed by atoms with Gasteiger partial charge >= 0.3 is 11.9 Å². The van der Waals surface area contributed by atoms with Crippen LogP contribution in [-0.2, 0) is 33.5 Å². The number of amides is 2. The van der Waals surface area contributed by atoms with E-state index in [0.717, 1.165) is 11.1 Å². The maximum absolute atomic E-state index is 13.8. The first-order valence-corrected chi connectivity index (χ1v) is 17.4. The number of oxime groups is 1. The van der Waals surface area contributed by atoms with Gasteiger partial charge in [0.2, 0.25) is 6.61 Å². The van der Waals surface area contributed by atoms with Crippen molar-refractivity contribution in [2.45, 2.75) is 43.9 Å². The van der Waals surface area contributed by atoms with Crippen molar-refractivity contribution in [2.75, 3.05) is 18.6 Å². The van der Waals surface area contributed by atoms with E-state index < -0.39 is 53.5 Å². The van der Waals surface area contributed by atoms with Gasteiger partial charge in [0.1, 0.15) is 28.4 Å². The van der Waals surface area contributed by atoms with E-state index in [1.54, 1.807) is 26.2 Å². The maximum atomic E-state index is 13.8. The van der Waals surface area contributed by atoms with Gasteiger partial charge in [-0.15, -0.1) is 34.9 Å². The first-order chi connectivity index (χ1) is 22.1. The third kappa shape index (κ3) is 7.62. The molecule has 1 N–H and O–H groups in total. The topological polar surface area (TPSA) is 136 Å². The van der Waals surface area contributed by atoms with Crippen LogP contribution in [0.3, 0.4) is 0 Å². The summed E-state index contributed by atoms with van der Waals surface area (Å²) in [5.41, 5.74) is 2.56. The number of thiazole rings is 1. The average Bonchev–Trinajstić information content (AvgIpc) is 3.58. The molecule has 2 aromatic carbocycles. The van der Waals surface area contributed by atoms with Crippen LogP contribution in [0.25, 0.3) is 0 Å². The first-order valence-electron chi connectivity index (χ1n) is 14.2. The van der Waals surface area contributed by atoms with Crippen LogP contribution >= 0.6 is 34.9 Å². The van der Waals surface area contributed by atoms with Gasteiger partial charge in [-0.05, 0) is 38.2 Å². The second-order valence-electron chi connectivity index (χ2n) is 11.1. The second kappa shape index (κ2) is 14.5. The predicted octanol–water partition coefficient (Wildman–Crippen LogP) is 4.51. The van der Waals surface area contributed by atoms with Crippen LogP contribution in [0.2, 0.25) is 0 Å². The Morgan fingerprint density at radius 2 is 1.74 bits per heavy atom. The third-order valence-corrected chi connectivity index (χ3v) is 9.62. The molecule has 46 heavy (non-hydrogen) atoms. The van der Waals surface area contributed by atoms with Crippen LogP contribution in [0, 0.1) is 0 Å². The molecule has 3 heterocycles. The normalized spacial score (nSPS) is 18.1. The van der Waals surface area contributed by atoms with Crippen LogP contribution < -0.4 is 5.32 Å². The molecular weight excluding hydrogens is 649 g/mol. The molecule has 240 valence electrons. The maximum Gasteiger partial charge on any atom is 0.356 e. The molecule has 11 nitrogen and oxygen atoms in total. The van der Waals surface area contributed by atoms with Gasteiger partial charge in [0.05, 0.1) is 5.51 Å². The minimum Gasteiger partial charge on any atom is -0.457 e. The Kier molecular flexibility index (Phi) is 10.5. The molecule has 0 saturated carbocycles. The lowest BCUT2D eigenvalue weighted by Crippen LogP contribution is -2.71. The summed E-state index contributed by atoms with van der Waals surface area (Å²) in [4.78, 5) is 64.3. The largest absolute Gasteiger partial charge is 0.457 e. The molecule has 2 aliphatic rings. The van der Waals surface area contributed by atoms with Crippen molar-refractivity contribution in [3.05, 3.63) is 99.0 Å². The van der Waals surface area contributed by atoms with Crippen molar-refractivity contribution in [3.8, 4) is 0 Å². The highest BCUT2D eigenvalue weighted by atomic mass is 32.2. The zero-order valence-electron chi connectivity index (χ0n) is 25.5. The Morgan fingerprint density at radius 1 is 1.09 bits per heavy atom. The van der Waals surface area contributed by atoms with Crippen LogP contribution in [0.1, 0.15) is 43.7 Å². The molecule has 1 unspecified atom stereocenters. The van der Waals surface area contributed by atoms with Gasteiger partial charge in [-0.25, -0.2) is 14.6 Å². The van der Waals surface area contributed by atoms with Crippen molar-refractivity contribution in [2.24, 2.45) is 5.16 Å². The quantitative estimate of drug-likeness (QED) is 0.133. The molecule has 0 spiro atoms.